The highest BCUT2D eigenvalue weighted by Crippen LogP contribution is 2.53. The van der Waals surface area contributed by atoms with Gasteiger partial charge in [-0.25, -0.2) is 9.36 Å². The standard InChI is InChI=1S/C22H31O9P/c1-13(2)11-15-14(3)18(23)17(12-22(15,4)5)31-32(25,28-8)29-10-9-16-19(26-6)20(27-7)21(24)30-16/h9,11,17H,10,12H2,1-8H3/b16-9+. The molecule has 0 spiro atoms. The fourth-order valence-corrected chi connectivity index (χ4v) is 4.60. The van der Waals surface area contributed by atoms with Crippen molar-refractivity contribution in [3.8, 4) is 0 Å². The average molecular weight is 470 g/mol. The fourth-order valence-electron chi connectivity index (χ4n) is 3.61. The second kappa shape index (κ2) is 10.2. The number of Topliss-reactive ketones (excluding diaryl/α,β-unsaturated/α-hetero) is 1. The van der Waals surface area contributed by atoms with E-state index in [4.69, 9.17) is 27.8 Å². The number of allylic oxidation sites excluding steroid dienone is 3. The van der Waals surface area contributed by atoms with Crippen molar-refractivity contribution in [2.75, 3.05) is 27.9 Å². The molecule has 0 amide bonds. The van der Waals surface area contributed by atoms with E-state index in [-0.39, 0.29) is 35.1 Å². The predicted molar refractivity (Wildman–Crippen MR) is 116 cm³/mol. The Labute approximate surface area is 188 Å². The molecule has 2 rings (SSSR count). The van der Waals surface area contributed by atoms with E-state index in [1.165, 1.54) is 27.4 Å². The molecule has 2 atom stereocenters. The van der Waals surface area contributed by atoms with E-state index in [1.807, 2.05) is 33.8 Å². The van der Waals surface area contributed by atoms with Gasteiger partial charge in [0.15, 0.2) is 11.5 Å². The van der Waals surface area contributed by atoms with Crippen LogP contribution in [0, 0.1) is 5.41 Å². The average Bonchev–Trinajstić information content (AvgIpc) is 3.03. The minimum Gasteiger partial charge on any atom is -0.490 e. The number of methoxy groups -OCH3 is 2. The number of hydrogen-bond acceptors (Lipinski definition) is 9. The number of phosphoric acid groups is 1. The number of cyclic esters (lactones) is 1. The van der Waals surface area contributed by atoms with Crippen LogP contribution in [0.25, 0.3) is 0 Å². The van der Waals surface area contributed by atoms with Crippen LogP contribution in [-0.2, 0) is 41.9 Å². The summed E-state index contributed by atoms with van der Waals surface area (Å²) in [7, 11) is -0.260. The van der Waals surface area contributed by atoms with Gasteiger partial charge in [-0.05, 0) is 49.8 Å². The summed E-state index contributed by atoms with van der Waals surface area (Å²) in [5.74, 6) is -0.932. The monoisotopic (exact) mass is 470 g/mol. The smallest absolute Gasteiger partial charge is 0.475 e. The predicted octanol–water partition coefficient (Wildman–Crippen LogP) is 4.37. The molecule has 0 aromatic carbocycles. The number of esters is 1. The Balaban J connectivity index is 2.18. The van der Waals surface area contributed by atoms with Crippen LogP contribution in [0.3, 0.4) is 0 Å². The minimum absolute atomic E-state index is 0.0528. The molecule has 0 radical (unpaired) electrons. The molecular weight excluding hydrogens is 439 g/mol. The Hall–Kier alpha value is -2.19. The molecule has 10 heteroatoms. The van der Waals surface area contributed by atoms with Gasteiger partial charge in [-0.3, -0.25) is 18.4 Å². The Morgan fingerprint density at radius 3 is 2.31 bits per heavy atom. The van der Waals surface area contributed by atoms with Crippen molar-refractivity contribution >= 4 is 19.6 Å². The minimum atomic E-state index is -4.09. The zero-order chi connectivity index (χ0) is 24.3. The molecule has 1 heterocycles. The molecule has 0 aromatic rings. The lowest BCUT2D eigenvalue weighted by Gasteiger charge is -2.37. The SMILES string of the molecule is COC1=C(OC)/C(=C\COP(=O)(OC)OC2CC(C)(C)C(C=C(C)C)=C(C)C2=O)OC1=O. The summed E-state index contributed by atoms with van der Waals surface area (Å²) in [6, 6.07) is 0. The number of carbonyl (C=O) groups is 2. The van der Waals surface area contributed by atoms with Gasteiger partial charge in [-0.1, -0.05) is 25.5 Å². The number of carbonyl (C=O) groups excluding carboxylic acids is 2. The number of ether oxygens (including phenoxy) is 3. The van der Waals surface area contributed by atoms with Crippen LogP contribution in [0.2, 0.25) is 0 Å². The van der Waals surface area contributed by atoms with E-state index < -0.39 is 19.9 Å². The highest BCUT2D eigenvalue weighted by atomic mass is 31.2. The Morgan fingerprint density at radius 2 is 1.78 bits per heavy atom. The van der Waals surface area contributed by atoms with Crippen molar-refractivity contribution in [1.82, 2.24) is 0 Å². The van der Waals surface area contributed by atoms with Gasteiger partial charge in [0.25, 0.3) is 5.76 Å². The summed E-state index contributed by atoms with van der Waals surface area (Å²) in [6.07, 6.45) is 2.64. The zero-order valence-corrected chi connectivity index (χ0v) is 20.7. The molecule has 2 unspecified atom stereocenters. The highest BCUT2D eigenvalue weighted by Gasteiger charge is 2.43. The molecule has 9 nitrogen and oxygen atoms in total. The van der Waals surface area contributed by atoms with Crippen LogP contribution in [0.15, 0.2) is 46.1 Å². The third kappa shape index (κ3) is 5.59. The maximum Gasteiger partial charge on any atom is 0.475 e. The van der Waals surface area contributed by atoms with Crippen LogP contribution in [0.4, 0.5) is 0 Å². The first-order valence-corrected chi connectivity index (χ1v) is 11.5. The second-order valence-electron chi connectivity index (χ2n) is 8.26. The Morgan fingerprint density at radius 1 is 1.16 bits per heavy atom. The fraction of sp³-hybridized carbons (Fsp3) is 0.545. The molecule has 0 saturated heterocycles. The summed E-state index contributed by atoms with van der Waals surface area (Å²) < 4.78 is 44.0. The van der Waals surface area contributed by atoms with Crippen LogP contribution >= 0.6 is 7.82 Å². The number of hydrogen-bond donors (Lipinski definition) is 0. The quantitative estimate of drug-likeness (QED) is 0.359. The number of rotatable bonds is 9. The van der Waals surface area contributed by atoms with Crippen molar-refractivity contribution < 1.29 is 41.9 Å². The molecule has 0 bridgehead atoms. The number of phosphoric ester groups is 1. The lowest BCUT2D eigenvalue weighted by Crippen LogP contribution is -2.37. The summed E-state index contributed by atoms with van der Waals surface area (Å²) in [5, 5.41) is 0. The summed E-state index contributed by atoms with van der Waals surface area (Å²) >= 11 is 0. The van der Waals surface area contributed by atoms with Gasteiger partial charge in [0.2, 0.25) is 5.76 Å². The van der Waals surface area contributed by atoms with Gasteiger partial charge in [0.05, 0.1) is 20.8 Å². The normalized spacial score (nSPS) is 23.9. The first-order valence-electron chi connectivity index (χ1n) is 10.0. The first-order chi connectivity index (χ1) is 14.9. The molecule has 1 aliphatic carbocycles. The van der Waals surface area contributed by atoms with E-state index in [0.29, 0.717) is 12.0 Å². The topological polar surface area (TPSA) is 107 Å². The van der Waals surface area contributed by atoms with Gasteiger partial charge in [0.1, 0.15) is 6.10 Å². The highest BCUT2D eigenvalue weighted by molar-refractivity contribution is 7.48. The van der Waals surface area contributed by atoms with Crippen molar-refractivity contribution in [3.63, 3.8) is 0 Å². The molecule has 0 fully saturated rings. The van der Waals surface area contributed by atoms with Crippen molar-refractivity contribution in [2.45, 2.75) is 47.1 Å². The Kier molecular flexibility index (Phi) is 8.28. The largest absolute Gasteiger partial charge is 0.490 e. The molecule has 2 aliphatic rings. The molecule has 0 N–H and O–H groups in total. The molecule has 0 aromatic heterocycles. The maximum atomic E-state index is 13.0. The van der Waals surface area contributed by atoms with Crippen LogP contribution in [0.1, 0.15) is 41.0 Å². The summed E-state index contributed by atoms with van der Waals surface area (Å²) in [5.41, 5.74) is 2.17. The molecule has 178 valence electrons. The third-order valence-electron chi connectivity index (χ3n) is 5.13. The van der Waals surface area contributed by atoms with E-state index in [2.05, 4.69) is 0 Å². The lowest BCUT2D eigenvalue weighted by atomic mass is 9.70. The molecule has 32 heavy (non-hydrogen) atoms. The third-order valence-corrected chi connectivity index (χ3v) is 6.56. The van der Waals surface area contributed by atoms with Crippen LogP contribution in [0.5, 0.6) is 0 Å². The maximum absolute atomic E-state index is 13.0. The number of ketones is 1. The van der Waals surface area contributed by atoms with Crippen LogP contribution < -0.4 is 0 Å². The first kappa shape index (κ1) is 26.1. The van der Waals surface area contributed by atoms with Gasteiger partial charge < -0.3 is 14.2 Å². The summed E-state index contributed by atoms with van der Waals surface area (Å²) in [4.78, 5) is 24.7. The van der Waals surface area contributed by atoms with Crippen molar-refractivity contribution in [2.24, 2.45) is 5.41 Å². The molecular formula is C22H31O9P. The lowest BCUT2D eigenvalue weighted by molar-refractivity contribution is -0.136. The van der Waals surface area contributed by atoms with Gasteiger partial charge in [-0.15, -0.1) is 0 Å². The van der Waals surface area contributed by atoms with Gasteiger partial charge in [-0.2, -0.15) is 0 Å². The van der Waals surface area contributed by atoms with Gasteiger partial charge in [0, 0.05) is 7.11 Å². The zero-order valence-electron chi connectivity index (χ0n) is 19.8. The van der Waals surface area contributed by atoms with Crippen LogP contribution in [-0.4, -0.2) is 45.8 Å². The van der Waals surface area contributed by atoms with E-state index in [1.54, 1.807) is 6.92 Å². The van der Waals surface area contributed by atoms with Gasteiger partial charge >= 0.3 is 13.8 Å². The summed E-state index contributed by atoms with van der Waals surface area (Å²) in [6.45, 7) is 9.37. The van der Waals surface area contributed by atoms with E-state index >= 15 is 0 Å². The molecule has 1 aliphatic heterocycles. The van der Waals surface area contributed by atoms with E-state index in [0.717, 1.165) is 11.1 Å². The Bertz CT molecular complexity index is 948. The van der Waals surface area contributed by atoms with E-state index in [9.17, 15) is 14.2 Å². The second-order valence-corrected chi connectivity index (χ2v) is 9.99. The molecule has 0 saturated carbocycles. The van der Waals surface area contributed by atoms with Crippen molar-refractivity contribution in [1.29, 1.82) is 0 Å². The van der Waals surface area contributed by atoms with Crippen molar-refractivity contribution in [3.05, 3.63) is 46.1 Å².